The standard InChI is InChI=1S/C7H11NO3/c1-7(6(10)11)3-4-8(2)5(7)9/h3-4H2,1-2H3,(H,10,11)/t7-/m0/s1. The van der Waals surface area contributed by atoms with E-state index in [-0.39, 0.29) is 5.91 Å². The minimum absolute atomic E-state index is 0.287. The monoisotopic (exact) mass is 157 g/mol. The molecule has 1 atom stereocenters. The molecule has 1 rings (SSSR count). The van der Waals surface area contributed by atoms with E-state index in [1.54, 1.807) is 7.05 Å². The van der Waals surface area contributed by atoms with E-state index in [4.69, 9.17) is 5.11 Å². The van der Waals surface area contributed by atoms with Gasteiger partial charge in [0, 0.05) is 13.6 Å². The van der Waals surface area contributed by atoms with Crippen LogP contribution in [0, 0.1) is 5.41 Å². The van der Waals surface area contributed by atoms with Crippen molar-refractivity contribution in [2.75, 3.05) is 13.6 Å². The van der Waals surface area contributed by atoms with E-state index >= 15 is 0 Å². The summed E-state index contributed by atoms with van der Waals surface area (Å²) < 4.78 is 0. The summed E-state index contributed by atoms with van der Waals surface area (Å²) in [6, 6.07) is 0. The van der Waals surface area contributed by atoms with Gasteiger partial charge >= 0.3 is 5.97 Å². The van der Waals surface area contributed by atoms with Crippen molar-refractivity contribution in [2.24, 2.45) is 5.41 Å². The Bertz CT molecular complexity index is 214. The van der Waals surface area contributed by atoms with Gasteiger partial charge in [-0.3, -0.25) is 9.59 Å². The molecule has 0 bridgehead atoms. The van der Waals surface area contributed by atoms with E-state index in [9.17, 15) is 9.59 Å². The summed E-state index contributed by atoms with van der Waals surface area (Å²) >= 11 is 0. The smallest absolute Gasteiger partial charge is 0.318 e. The second kappa shape index (κ2) is 2.22. The Labute approximate surface area is 64.8 Å². The molecular weight excluding hydrogens is 146 g/mol. The number of nitrogens with zero attached hydrogens (tertiary/aromatic N) is 1. The minimum Gasteiger partial charge on any atom is -0.480 e. The molecule has 0 aliphatic carbocycles. The third-order valence-electron chi connectivity index (χ3n) is 2.24. The summed E-state index contributed by atoms with van der Waals surface area (Å²) in [6.45, 7) is 2.02. The highest BCUT2D eigenvalue weighted by atomic mass is 16.4. The molecule has 1 aliphatic heterocycles. The summed E-state index contributed by atoms with van der Waals surface area (Å²) in [6.07, 6.45) is 0.414. The first-order valence-corrected chi connectivity index (χ1v) is 3.47. The number of carbonyl (C=O) groups is 2. The number of carbonyl (C=O) groups excluding carboxylic acids is 1. The van der Waals surface area contributed by atoms with Crippen LogP contribution in [0.5, 0.6) is 0 Å². The average Bonchev–Trinajstić information content (AvgIpc) is 2.18. The van der Waals surface area contributed by atoms with Crippen molar-refractivity contribution in [1.82, 2.24) is 4.90 Å². The third-order valence-corrected chi connectivity index (χ3v) is 2.24. The van der Waals surface area contributed by atoms with Crippen molar-refractivity contribution in [1.29, 1.82) is 0 Å². The molecule has 1 saturated heterocycles. The Morgan fingerprint density at radius 2 is 2.27 bits per heavy atom. The number of carboxylic acid groups (broad SMARTS) is 1. The fourth-order valence-electron chi connectivity index (χ4n) is 1.22. The van der Waals surface area contributed by atoms with Gasteiger partial charge in [0.15, 0.2) is 0 Å². The largest absolute Gasteiger partial charge is 0.480 e. The Morgan fingerprint density at radius 1 is 1.73 bits per heavy atom. The first-order chi connectivity index (χ1) is 4.98. The molecule has 1 N–H and O–H groups in total. The van der Waals surface area contributed by atoms with Crippen LogP contribution in [0.25, 0.3) is 0 Å². The average molecular weight is 157 g/mol. The van der Waals surface area contributed by atoms with E-state index in [1.807, 2.05) is 0 Å². The van der Waals surface area contributed by atoms with Crippen LogP contribution in [0.3, 0.4) is 0 Å². The fourth-order valence-corrected chi connectivity index (χ4v) is 1.22. The molecule has 0 unspecified atom stereocenters. The van der Waals surface area contributed by atoms with Crippen LogP contribution in [0.4, 0.5) is 0 Å². The number of rotatable bonds is 1. The highest BCUT2D eigenvalue weighted by Crippen LogP contribution is 2.30. The lowest BCUT2D eigenvalue weighted by atomic mass is 9.89. The van der Waals surface area contributed by atoms with Crippen molar-refractivity contribution < 1.29 is 14.7 Å². The first kappa shape index (κ1) is 8.04. The second-order valence-corrected chi connectivity index (χ2v) is 3.11. The zero-order valence-electron chi connectivity index (χ0n) is 6.63. The molecule has 4 heteroatoms. The third kappa shape index (κ3) is 0.982. The summed E-state index contributed by atoms with van der Waals surface area (Å²) in [7, 11) is 1.62. The predicted molar refractivity (Wildman–Crippen MR) is 38.0 cm³/mol. The molecule has 4 nitrogen and oxygen atoms in total. The fraction of sp³-hybridized carbons (Fsp3) is 0.714. The SMILES string of the molecule is CN1CC[C@](C)(C(=O)O)C1=O. The van der Waals surface area contributed by atoms with Crippen LogP contribution in [-0.4, -0.2) is 35.5 Å². The molecule has 0 aromatic carbocycles. The zero-order valence-corrected chi connectivity index (χ0v) is 6.63. The number of hydrogen-bond donors (Lipinski definition) is 1. The predicted octanol–water partition coefficient (Wildman–Crippen LogP) is -0.0606. The molecule has 1 heterocycles. The van der Waals surface area contributed by atoms with Gasteiger partial charge < -0.3 is 10.0 Å². The van der Waals surface area contributed by atoms with E-state index in [2.05, 4.69) is 0 Å². The van der Waals surface area contributed by atoms with Gasteiger partial charge in [0.05, 0.1) is 0 Å². The van der Waals surface area contributed by atoms with Gasteiger partial charge in [-0.1, -0.05) is 0 Å². The van der Waals surface area contributed by atoms with Crippen LogP contribution in [0.2, 0.25) is 0 Å². The molecule has 1 amide bonds. The van der Waals surface area contributed by atoms with Gasteiger partial charge in [-0.2, -0.15) is 0 Å². The van der Waals surface area contributed by atoms with Crippen molar-refractivity contribution >= 4 is 11.9 Å². The van der Waals surface area contributed by atoms with Gasteiger partial charge in [0.1, 0.15) is 5.41 Å². The molecular formula is C7H11NO3. The Balaban J connectivity index is 2.90. The maximum absolute atomic E-state index is 11.2. The molecule has 0 aromatic rings. The van der Waals surface area contributed by atoms with E-state index in [1.165, 1.54) is 11.8 Å². The molecule has 1 fully saturated rings. The van der Waals surface area contributed by atoms with E-state index in [0.29, 0.717) is 13.0 Å². The van der Waals surface area contributed by atoms with Crippen molar-refractivity contribution in [3.63, 3.8) is 0 Å². The quantitative estimate of drug-likeness (QED) is 0.542. The van der Waals surface area contributed by atoms with Crippen LogP contribution >= 0.6 is 0 Å². The first-order valence-electron chi connectivity index (χ1n) is 3.47. The lowest BCUT2D eigenvalue weighted by Gasteiger charge is -2.15. The number of hydrogen-bond acceptors (Lipinski definition) is 2. The molecule has 0 spiro atoms. The van der Waals surface area contributed by atoms with Gasteiger partial charge in [-0.25, -0.2) is 0 Å². The summed E-state index contributed by atoms with van der Waals surface area (Å²) in [4.78, 5) is 23.3. The highest BCUT2D eigenvalue weighted by molar-refractivity contribution is 6.02. The highest BCUT2D eigenvalue weighted by Gasteiger charge is 2.47. The van der Waals surface area contributed by atoms with Crippen LogP contribution < -0.4 is 0 Å². The maximum Gasteiger partial charge on any atom is 0.318 e. The minimum atomic E-state index is -1.17. The number of amides is 1. The Kier molecular flexibility index (Phi) is 1.62. The normalized spacial score (nSPS) is 31.1. The second-order valence-electron chi connectivity index (χ2n) is 3.11. The van der Waals surface area contributed by atoms with Gasteiger partial charge in [0.2, 0.25) is 5.91 Å². The molecule has 1 aliphatic rings. The summed E-state index contributed by atoms with van der Waals surface area (Å²) in [5.74, 6) is -1.31. The van der Waals surface area contributed by atoms with Crippen molar-refractivity contribution in [3.05, 3.63) is 0 Å². The topological polar surface area (TPSA) is 57.6 Å². The van der Waals surface area contributed by atoms with Crippen LogP contribution in [0.15, 0.2) is 0 Å². The Morgan fingerprint density at radius 3 is 2.45 bits per heavy atom. The Hall–Kier alpha value is -1.06. The molecule has 0 radical (unpaired) electrons. The van der Waals surface area contributed by atoms with Gasteiger partial charge in [0.25, 0.3) is 0 Å². The lowest BCUT2D eigenvalue weighted by Crippen LogP contribution is -2.36. The molecule has 0 saturated carbocycles. The molecule has 11 heavy (non-hydrogen) atoms. The summed E-state index contributed by atoms with van der Waals surface area (Å²) in [5, 5.41) is 8.71. The lowest BCUT2D eigenvalue weighted by molar-refractivity contribution is -0.154. The van der Waals surface area contributed by atoms with Crippen LogP contribution in [-0.2, 0) is 9.59 Å². The molecule has 62 valence electrons. The van der Waals surface area contributed by atoms with Crippen molar-refractivity contribution in [3.8, 4) is 0 Å². The maximum atomic E-state index is 11.2. The number of carboxylic acids is 1. The van der Waals surface area contributed by atoms with E-state index < -0.39 is 11.4 Å². The van der Waals surface area contributed by atoms with E-state index in [0.717, 1.165) is 0 Å². The van der Waals surface area contributed by atoms with Crippen LogP contribution in [0.1, 0.15) is 13.3 Å². The van der Waals surface area contributed by atoms with Crippen molar-refractivity contribution in [2.45, 2.75) is 13.3 Å². The summed E-state index contributed by atoms with van der Waals surface area (Å²) in [5.41, 5.74) is -1.17. The number of aliphatic carboxylic acids is 1. The van der Waals surface area contributed by atoms with Gasteiger partial charge in [-0.05, 0) is 13.3 Å². The van der Waals surface area contributed by atoms with Gasteiger partial charge in [-0.15, -0.1) is 0 Å². The molecule has 0 aromatic heterocycles. The number of likely N-dealkylation sites (tertiary alicyclic amines) is 1. The zero-order chi connectivity index (χ0) is 8.65.